The molecular formula is C73H130O6. The molecule has 0 radical (unpaired) electrons. The lowest BCUT2D eigenvalue weighted by atomic mass is 10.0. The topological polar surface area (TPSA) is 78.9 Å². The van der Waals surface area contributed by atoms with Crippen molar-refractivity contribution in [1.82, 2.24) is 0 Å². The minimum absolute atomic E-state index is 0.0755. The minimum Gasteiger partial charge on any atom is -0.462 e. The zero-order valence-electron chi connectivity index (χ0n) is 52.6. The third-order valence-electron chi connectivity index (χ3n) is 15.2. The van der Waals surface area contributed by atoms with Gasteiger partial charge in [-0.3, -0.25) is 14.4 Å². The predicted octanol–water partition coefficient (Wildman–Crippen LogP) is 23.7. The van der Waals surface area contributed by atoms with E-state index in [-0.39, 0.29) is 31.1 Å². The Labute approximate surface area is 491 Å². The SMILES string of the molecule is CC/C=C\C/C=C\C/C=C\C/C=C\CCCCCCCCCCCCCCCCCCCCC(=O)OCC(COC(=O)CCCCCCC/C=C\CCCCCC)OC(=O)CCCCCCCCC/C=C\CCCCCCCC. The van der Waals surface area contributed by atoms with Gasteiger partial charge in [0, 0.05) is 19.3 Å². The van der Waals surface area contributed by atoms with Gasteiger partial charge in [0.25, 0.3) is 0 Å². The molecule has 0 aliphatic carbocycles. The standard InChI is InChI=1S/C73H130O6/c1-4-7-10-13-16-19-22-25-27-29-30-31-32-33-34-35-36-37-38-39-40-41-42-44-45-48-51-54-57-60-63-66-72(75)78-69-70(68-77-71(74)65-62-59-56-53-50-47-24-21-18-15-12-9-6-3)79-73(76)67-64-61-58-55-52-49-46-43-28-26-23-20-17-14-11-8-5-2/h7,10,16,19,21,24-28,30-31,70H,4-6,8-9,11-15,17-18,20,22-23,29,32-69H2,1-3H3/b10-7-,19-16-,24-21-,27-25-,28-26-,31-30-. The average molecular weight is 1100 g/mol. The first kappa shape index (κ1) is 75.8. The van der Waals surface area contributed by atoms with E-state index in [1.54, 1.807) is 0 Å². The van der Waals surface area contributed by atoms with Crippen LogP contribution in [0.3, 0.4) is 0 Å². The smallest absolute Gasteiger partial charge is 0.306 e. The van der Waals surface area contributed by atoms with Crippen LogP contribution in [0.5, 0.6) is 0 Å². The molecule has 1 unspecified atom stereocenters. The molecule has 0 N–H and O–H groups in total. The van der Waals surface area contributed by atoms with Crippen LogP contribution in [-0.4, -0.2) is 37.2 Å². The molecule has 0 aliphatic heterocycles. The van der Waals surface area contributed by atoms with E-state index in [1.165, 1.54) is 225 Å². The van der Waals surface area contributed by atoms with E-state index in [4.69, 9.17) is 14.2 Å². The van der Waals surface area contributed by atoms with Gasteiger partial charge in [0.2, 0.25) is 0 Å². The maximum atomic E-state index is 12.9. The van der Waals surface area contributed by atoms with Crippen molar-refractivity contribution >= 4 is 17.9 Å². The highest BCUT2D eigenvalue weighted by atomic mass is 16.6. The summed E-state index contributed by atoms with van der Waals surface area (Å²) in [6, 6.07) is 0. The maximum Gasteiger partial charge on any atom is 0.306 e. The number of carbonyl (C=O) groups is 3. The van der Waals surface area contributed by atoms with Gasteiger partial charge in [0.15, 0.2) is 6.10 Å². The first-order valence-electron chi connectivity index (χ1n) is 34.4. The largest absolute Gasteiger partial charge is 0.462 e. The van der Waals surface area contributed by atoms with Gasteiger partial charge in [-0.2, -0.15) is 0 Å². The second-order valence-corrected chi connectivity index (χ2v) is 23.1. The van der Waals surface area contributed by atoms with E-state index >= 15 is 0 Å². The van der Waals surface area contributed by atoms with Crippen LogP contribution >= 0.6 is 0 Å². The molecule has 79 heavy (non-hydrogen) atoms. The highest BCUT2D eigenvalue weighted by Gasteiger charge is 2.19. The van der Waals surface area contributed by atoms with Crippen LogP contribution in [0.25, 0.3) is 0 Å². The molecule has 0 rings (SSSR count). The Morgan fingerprint density at radius 3 is 0.797 bits per heavy atom. The summed E-state index contributed by atoms with van der Waals surface area (Å²) in [4.78, 5) is 38.3. The second kappa shape index (κ2) is 67.4. The number of hydrogen-bond acceptors (Lipinski definition) is 6. The average Bonchev–Trinajstić information content (AvgIpc) is 3.45. The molecule has 0 aliphatic rings. The Balaban J connectivity index is 4.18. The van der Waals surface area contributed by atoms with Crippen molar-refractivity contribution < 1.29 is 28.6 Å². The summed E-state index contributed by atoms with van der Waals surface area (Å²) in [6.07, 6.45) is 87.9. The molecule has 0 saturated carbocycles. The zero-order chi connectivity index (χ0) is 57.1. The number of carbonyl (C=O) groups excluding carboxylic acids is 3. The molecule has 1 atom stereocenters. The van der Waals surface area contributed by atoms with Gasteiger partial charge in [0.05, 0.1) is 0 Å². The first-order valence-corrected chi connectivity index (χ1v) is 34.4. The van der Waals surface area contributed by atoms with Crippen LogP contribution < -0.4 is 0 Å². The monoisotopic (exact) mass is 1100 g/mol. The molecule has 0 amide bonds. The molecule has 0 spiro atoms. The molecule has 0 fully saturated rings. The van der Waals surface area contributed by atoms with Crippen LogP contribution in [0.15, 0.2) is 72.9 Å². The van der Waals surface area contributed by atoms with E-state index < -0.39 is 6.10 Å². The van der Waals surface area contributed by atoms with Crippen molar-refractivity contribution in [3.05, 3.63) is 72.9 Å². The third kappa shape index (κ3) is 65.5. The molecular weight excluding hydrogens is 973 g/mol. The van der Waals surface area contributed by atoms with E-state index in [9.17, 15) is 14.4 Å². The Hall–Kier alpha value is -3.15. The maximum absolute atomic E-state index is 12.9. The predicted molar refractivity (Wildman–Crippen MR) is 344 cm³/mol. The van der Waals surface area contributed by atoms with Crippen LogP contribution in [0, 0.1) is 0 Å². The summed E-state index contributed by atoms with van der Waals surface area (Å²) < 4.78 is 16.9. The number of unbranched alkanes of at least 4 members (excludes halogenated alkanes) is 40. The minimum atomic E-state index is -0.779. The van der Waals surface area contributed by atoms with Gasteiger partial charge in [-0.05, 0) is 109 Å². The van der Waals surface area contributed by atoms with Crippen molar-refractivity contribution in [1.29, 1.82) is 0 Å². The van der Waals surface area contributed by atoms with Crippen molar-refractivity contribution in [3.63, 3.8) is 0 Å². The number of esters is 3. The fourth-order valence-electron chi connectivity index (χ4n) is 10.0. The Morgan fingerprint density at radius 2 is 0.494 bits per heavy atom. The summed E-state index contributed by atoms with van der Waals surface area (Å²) in [7, 11) is 0. The van der Waals surface area contributed by atoms with Gasteiger partial charge >= 0.3 is 17.9 Å². The Kier molecular flexibility index (Phi) is 64.7. The van der Waals surface area contributed by atoms with E-state index in [0.717, 1.165) is 89.9 Å². The van der Waals surface area contributed by atoms with Gasteiger partial charge in [0.1, 0.15) is 13.2 Å². The second-order valence-electron chi connectivity index (χ2n) is 23.1. The molecule has 0 aromatic carbocycles. The normalized spacial score (nSPS) is 12.5. The number of hydrogen-bond donors (Lipinski definition) is 0. The molecule has 6 heteroatoms. The molecule has 0 aromatic heterocycles. The fourth-order valence-corrected chi connectivity index (χ4v) is 10.0. The van der Waals surface area contributed by atoms with E-state index in [0.29, 0.717) is 19.3 Å². The third-order valence-corrected chi connectivity index (χ3v) is 15.2. The lowest BCUT2D eigenvalue weighted by molar-refractivity contribution is -0.167. The number of allylic oxidation sites excluding steroid dienone is 12. The van der Waals surface area contributed by atoms with Gasteiger partial charge in [-0.1, -0.05) is 299 Å². The fraction of sp³-hybridized carbons (Fsp3) is 0.795. The number of ether oxygens (including phenoxy) is 3. The lowest BCUT2D eigenvalue weighted by Gasteiger charge is -2.18. The summed E-state index contributed by atoms with van der Waals surface area (Å²) in [5, 5.41) is 0. The Morgan fingerprint density at radius 1 is 0.266 bits per heavy atom. The molecule has 0 heterocycles. The Bertz CT molecular complexity index is 1450. The van der Waals surface area contributed by atoms with Crippen molar-refractivity contribution in [2.75, 3.05) is 13.2 Å². The molecule has 0 saturated heterocycles. The van der Waals surface area contributed by atoms with E-state index in [2.05, 4.69) is 93.7 Å². The number of rotatable bonds is 63. The van der Waals surface area contributed by atoms with Crippen LogP contribution in [0.4, 0.5) is 0 Å². The first-order chi connectivity index (χ1) is 39.0. The summed E-state index contributed by atoms with van der Waals surface area (Å²) in [5.41, 5.74) is 0. The van der Waals surface area contributed by atoms with Gasteiger partial charge in [-0.15, -0.1) is 0 Å². The van der Waals surface area contributed by atoms with Crippen LogP contribution in [0.1, 0.15) is 355 Å². The zero-order valence-corrected chi connectivity index (χ0v) is 52.6. The molecule has 0 aromatic rings. The van der Waals surface area contributed by atoms with Crippen molar-refractivity contribution in [2.45, 2.75) is 361 Å². The highest BCUT2D eigenvalue weighted by molar-refractivity contribution is 5.71. The van der Waals surface area contributed by atoms with Gasteiger partial charge < -0.3 is 14.2 Å². The highest BCUT2D eigenvalue weighted by Crippen LogP contribution is 2.17. The van der Waals surface area contributed by atoms with Crippen molar-refractivity contribution in [3.8, 4) is 0 Å². The van der Waals surface area contributed by atoms with Crippen LogP contribution in [0.2, 0.25) is 0 Å². The van der Waals surface area contributed by atoms with Gasteiger partial charge in [-0.25, -0.2) is 0 Å². The van der Waals surface area contributed by atoms with Crippen molar-refractivity contribution in [2.24, 2.45) is 0 Å². The molecule has 6 nitrogen and oxygen atoms in total. The molecule has 0 bridgehead atoms. The summed E-state index contributed by atoms with van der Waals surface area (Å²) >= 11 is 0. The summed E-state index contributed by atoms with van der Waals surface area (Å²) in [5.74, 6) is -0.869. The molecule has 458 valence electrons. The van der Waals surface area contributed by atoms with Crippen LogP contribution in [-0.2, 0) is 28.6 Å². The van der Waals surface area contributed by atoms with E-state index in [1.807, 2.05) is 0 Å². The summed E-state index contributed by atoms with van der Waals surface area (Å²) in [6.45, 7) is 6.54. The lowest BCUT2D eigenvalue weighted by Crippen LogP contribution is -2.30. The quantitative estimate of drug-likeness (QED) is 0.0261.